The van der Waals surface area contributed by atoms with E-state index in [1.807, 2.05) is 13.8 Å². The topological polar surface area (TPSA) is 80.3 Å². The Morgan fingerprint density at radius 2 is 2.30 bits per heavy atom. The van der Waals surface area contributed by atoms with Gasteiger partial charge in [-0.05, 0) is 26.3 Å². The third kappa shape index (κ3) is 3.41. The number of sulfonamides is 1. The molecule has 6 nitrogen and oxygen atoms in total. The first-order valence-electron chi connectivity index (χ1n) is 6.47. The summed E-state index contributed by atoms with van der Waals surface area (Å²) in [6, 6.07) is 1.18. The fourth-order valence-electron chi connectivity index (χ4n) is 2.02. The molecule has 0 amide bonds. The highest BCUT2D eigenvalue weighted by atomic mass is 35.5. The number of hydrogen-bond acceptors (Lipinski definition) is 5. The molecule has 8 heteroatoms. The Morgan fingerprint density at radius 1 is 1.55 bits per heavy atom. The van der Waals surface area contributed by atoms with Crippen molar-refractivity contribution in [2.45, 2.75) is 37.3 Å². The second-order valence-corrected chi connectivity index (χ2v) is 6.75. The predicted molar refractivity (Wildman–Crippen MR) is 77.6 cm³/mol. The fraction of sp³-hybridized carbons (Fsp3) is 0.583. The van der Waals surface area contributed by atoms with Crippen LogP contribution < -0.4 is 10.0 Å². The van der Waals surface area contributed by atoms with Crippen LogP contribution in [0.2, 0.25) is 5.02 Å². The van der Waals surface area contributed by atoms with E-state index in [1.165, 1.54) is 12.3 Å². The maximum absolute atomic E-state index is 12.3. The lowest BCUT2D eigenvalue weighted by atomic mass is 10.2. The number of nitrogens with zero attached hydrogens (tertiary/aromatic N) is 1. The minimum absolute atomic E-state index is 0.0586. The molecule has 1 aromatic heterocycles. The summed E-state index contributed by atoms with van der Waals surface area (Å²) in [6.45, 7) is 4.98. The minimum atomic E-state index is -3.64. The van der Waals surface area contributed by atoms with Gasteiger partial charge < -0.3 is 10.1 Å². The van der Waals surface area contributed by atoms with E-state index in [-0.39, 0.29) is 22.1 Å². The fourth-order valence-corrected chi connectivity index (χ4v) is 3.63. The van der Waals surface area contributed by atoms with Gasteiger partial charge in [0, 0.05) is 19.3 Å². The summed E-state index contributed by atoms with van der Waals surface area (Å²) in [5, 5.41) is 3.24. The van der Waals surface area contributed by atoms with Gasteiger partial charge in [0.2, 0.25) is 10.0 Å². The van der Waals surface area contributed by atoms with Gasteiger partial charge in [-0.25, -0.2) is 18.1 Å². The Labute approximate surface area is 123 Å². The van der Waals surface area contributed by atoms with Crippen molar-refractivity contribution in [1.82, 2.24) is 9.71 Å². The number of hydrogen-bond donors (Lipinski definition) is 2. The predicted octanol–water partition coefficient (Wildman–Crippen LogP) is 1.62. The standard InChI is InChI=1S/C12H18ClN3O3S/c1-3-14-12-10(13)6-9(7-15-12)20(17,18)16-11-4-5-19-8(11)2/h6-8,11,16H,3-5H2,1-2H3,(H,14,15). The molecule has 0 saturated carbocycles. The Morgan fingerprint density at radius 3 is 2.85 bits per heavy atom. The number of nitrogens with one attached hydrogen (secondary N) is 2. The minimum Gasteiger partial charge on any atom is -0.377 e. The number of pyridine rings is 1. The second-order valence-electron chi connectivity index (χ2n) is 4.62. The Bertz CT molecular complexity index is 579. The molecule has 2 unspecified atom stereocenters. The maximum Gasteiger partial charge on any atom is 0.242 e. The molecule has 0 radical (unpaired) electrons. The second kappa shape index (κ2) is 6.26. The van der Waals surface area contributed by atoms with Gasteiger partial charge in [-0.1, -0.05) is 11.6 Å². The number of rotatable bonds is 5. The summed E-state index contributed by atoms with van der Waals surface area (Å²) in [5.41, 5.74) is 0. The lowest BCUT2D eigenvalue weighted by Crippen LogP contribution is -2.39. The molecule has 1 aliphatic heterocycles. The molecule has 20 heavy (non-hydrogen) atoms. The highest BCUT2D eigenvalue weighted by Crippen LogP contribution is 2.23. The van der Waals surface area contributed by atoms with Crippen molar-refractivity contribution in [2.75, 3.05) is 18.5 Å². The van der Waals surface area contributed by atoms with Gasteiger partial charge in [0.05, 0.1) is 17.2 Å². The molecule has 1 aromatic rings. The van der Waals surface area contributed by atoms with Crippen LogP contribution >= 0.6 is 11.6 Å². The molecule has 0 spiro atoms. The van der Waals surface area contributed by atoms with Crippen molar-refractivity contribution < 1.29 is 13.2 Å². The van der Waals surface area contributed by atoms with Crippen LogP contribution in [0.3, 0.4) is 0 Å². The largest absolute Gasteiger partial charge is 0.377 e. The molecule has 112 valence electrons. The zero-order chi connectivity index (χ0) is 14.8. The average Bonchev–Trinajstić information content (AvgIpc) is 2.77. The Hall–Kier alpha value is -0.890. The van der Waals surface area contributed by atoms with Crippen LogP contribution in [0, 0.1) is 0 Å². The smallest absolute Gasteiger partial charge is 0.242 e. The zero-order valence-corrected chi connectivity index (χ0v) is 13.0. The van der Waals surface area contributed by atoms with E-state index in [0.717, 1.165) is 0 Å². The molecular weight excluding hydrogens is 302 g/mol. The van der Waals surface area contributed by atoms with Gasteiger partial charge in [0.25, 0.3) is 0 Å². The lowest BCUT2D eigenvalue weighted by molar-refractivity contribution is 0.117. The van der Waals surface area contributed by atoms with E-state index in [0.29, 0.717) is 25.4 Å². The molecule has 2 heterocycles. The van der Waals surface area contributed by atoms with E-state index in [4.69, 9.17) is 16.3 Å². The first kappa shape index (κ1) is 15.5. The molecule has 2 rings (SSSR count). The molecule has 2 N–H and O–H groups in total. The van der Waals surface area contributed by atoms with Gasteiger partial charge in [-0.2, -0.15) is 0 Å². The molecule has 1 fully saturated rings. The third-order valence-corrected chi connectivity index (χ3v) is 4.90. The van der Waals surface area contributed by atoms with Crippen molar-refractivity contribution in [3.8, 4) is 0 Å². The Balaban J connectivity index is 2.19. The normalized spacial score (nSPS) is 22.9. The van der Waals surface area contributed by atoms with E-state index >= 15 is 0 Å². The van der Waals surface area contributed by atoms with Crippen LogP contribution in [0.25, 0.3) is 0 Å². The molecule has 2 atom stereocenters. The van der Waals surface area contributed by atoms with Gasteiger partial charge in [-0.3, -0.25) is 0 Å². The average molecular weight is 320 g/mol. The summed E-state index contributed by atoms with van der Waals surface area (Å²) in [7, 11) is -3.64. The quantitative estimate of drug-likeness (QED) is 0.862. The molecule has 0 aromatic carbocycles. The summed E-state index contributed by atoms with van der Waals surface area (Å²) < 4.78 is 32.5. The van der Waals surface area contributed by atoms with Crippen LogP contribution in [0.4, 0.5) is 5.82 Å². The first-order chi connectivity index (χ1) is 9.44. The highest BCUT2D eigenvalue weighted by Gasteiger charge is 2.29. The number of halogens is 1. The van der Waals surface area contributed by atoms with Crippen LogP contribution in [0.1, 0.15) is 20.3 Å². The Kier molecular flexibility index (Phi) is 4.85. The monoisotopic (exact) mass is 319 g/mol. The molecule has 0 aliphatic carbocycles. The van der Waals surface area contributed by atoms with E-state index in [2.05, 4.69) is 15.0 Å². The lowest BCUT2D eigenvalue weighted by Gasteiger charge is -2.16. The summed E-state index contributed by atoms with van der Waals surface area (Å²) in [6.07, 6.45) is 1.83. The van der Waals surface area contributed by atoms with E-state index in [1.54, 1.807) is 0 Å². The van der Waals surface area contributed by atoms with Crippen molar-refractivity contribution in [1.29, 1.82) is 0 Å². The number of aromatic nitrogens is 1. The third-order valence-electron chi connectivity index (χ3n) is 3.15. The number of ether oxygens (including phenoxy) is 1. The summed E-state index contributed by atoms with van der Waals surface area (Å²) in [5.74, 6) is 0.477. The summed E-state index contributed by atoms with van der Waals surface area (Å²) >= 11 is 6.02. The molecular formula is C12H18ClN3O3S. The maximum atomic E-state index is 12.3. The van der Waals surface area contributed by atoms with Gasteiger partial charge >= 0.3 is 0 Å². The zero-order valence-electron chi connectivity index (χ0n) is 11.4. The first-order valence-corrected chi connectivity index (χ1v) is 8.33. The molecule has 1 aliphatic rings. The van der Waals surface area contributed by atoms with Gasteiger partial charge in [0.1, 0.15) is 10.7 Å². The SMILES string of the molecule is CCNc1ncc(S(=O)(=O)NC2CCOC2C)cc1Cl. The van der Waals surface area contributed by atoms with Crippen molar-refractivity contribution in [2.24, 2.45) is 0 Å². The highest BCUT2D eigenvalue weighted by molar-refractivity contribution is 7.89. The summed E-state index contributed by atoms with van der Waals surface area (Å²) in [4.78, 5) is 4.09. The van der Waals surface area contributed by atoms with E-state index in [9.17, 15) is 8.42 Å². The van der Waals surface area contributed by atoms with Crippen molar-refractivity contribution in [3.63, 3.8) is 0 Å². The molecule has 0 bridgehead atoms. The van der Waals surface area contributed by atoms with E-state index < -0.39 is 10.0 Å². The molecule has 1 saturated heterocycles. The van der Waals surface area contributed by atoms with Crippen molar-refractivity contribution in [3.05, 3.63) is 17.3 Å². The van der Waals surface area contributed by atoms with Gasteiger partial charge in [-0.15, -0.1) is 0 Å². The van der Waals surface area contributed by atoms with Crippen molar-refractivity contribution >= 4 is 27.4 Å². The number of anilines is 1. The van der Waals surface area contributed by atoms with Crippen LogP contribution in [0.5, 0.6) is 0 Å². The van der Waals surface area contributed by atoms with Gasteiger partial charge in [0.15, 0.2) is 0 Å². The van der Waals surface area contributed by atoms with Crippen LogP contribution in [-0.2, 0) is 14.8 Å². The van der Waals surface area contributed by atoms with Crippen LogP contribution in [0.15, 0.2) is 17.2 Å². The van der Waals surface area contributed by atoms with Crippen LogP contribution in [-0.4, -0.2) is 38.7 Å².